The largest absolute Gasteiger partial charge is 0.416 e. The van der Waals surface area contributed by atoms with Gasteiger partial charge in [-0.05, 0) is 44.6 Å². The van der Waals surface area contributed by atoms with Crippen molar-refractivity contribution in [3.05, 3.63) is 34.9 Å². The van der Waals surface area contributed by atoms with Gasteiger partial charge in [-0.3, -0.25) is 4.79 Å². The van der Waals surface area contributed by atoms with E-state index in [1.54, 1.807) is 7.05 Å². The van der Waals surface area contributed by atoms with Gasteiger partial charge in [0.25, 0.3) is 0 Å². The first-order chi connectivity index (χ1) is 8.36. The highest BCUT2D eigenvalue weighted by molar-refractivity contribution is 5.97. The van der Waals surface area contributed by atoms with Crippen molar-refractivity contribution in [1.82, 2.24) is 5.32 Å². The van der Waals surface area contributed by atoms with Crippen LogP contribution in [0.4, 0.5) is 13.2 Å². The molecule has 0 amide bonds. The van der Waals surface area contributed by atoms with Gasteiger partial charge in [0.15, 0.2) is 5.78 Å². The van der Waals surface area contributed by atoms with Crippen molar-refractivity contribution in [2.45, 2.75) is 25.9 Å². The van der Waals surface area contributed by atoms with Crippen molar-refractivity contribution < 1.29 is 18.0 Å². The van der Waals surface area contributed by atoms with Crippen LogP contribution >= 0.6 is 0 Å². The molecule has 1 aromatic rings. The average molecular weight is 259 g/mol. The Bertz CT molecular complexity index is 427. The molecule has 1 N–H and O–H groups in total. The first kappa shape index (κ1) is 14.7. The number of nitrogens with one attached hydrogen (secondary N) is 1. The van der Waals surface area contributed by atoms with Gasteiger partial charge in [0.1, 0.15) is 0 Å². The van der Waals surface area contributed by atoms with Gasteiger partial charge in [0.2, 0.25) is 0 Å². The Morgan fingerprint density at radius 1 is 1.33 bits per heavy atom. The molecular weight excluding hydrogens is 243 g/mol. The van der Waals surface area contributed by atoms with E-state index in [1.165, 1.54) is 13.0 Å². The monoisotopic (exact) mass is 259 g/mol. The fourth-order valence-electron chi connectivity index (χ4n) is 1.71. The van der Waals surface area contributed by atoms with Crippen molar-refractivity contribution in [3.63, 3.8) is 0 Å². The molecule has 18 heavy (non-hydrogen) atoms. The Morgan fingerprint density at radius 2 is 2.00 bits per heavy atom. The van der Waals surface area contributed by atoms with Crippen LogP contribution in [0, 0.1) is 6.92 Å². The molecule has 1 aromatic carbocycles. The first-order valence-corrected chi connectivity index (χ1v) is 5.72. The predicted molar refractivity (Wildman–Crippen MR) is 63.7 cm³/mol. The molecule has 5 heteroatoms. The standard InChI is InChI=1S/C13H16F3NO/c1-9-8-10(13(14,15)16)5-6-11(9)12(18)4-3-7-17-2/h5-6,8,17H,3-4,7H2,1-2H3. The molecule has 0 atom stereocenters. The van der Waals surface area contributed by atoms with E-state index < -0.39 is 11.7 Å². The van der Waals surface area contributed by atoms with Crippen molar-refractivity contribution in [1.29, 1.82) is 0 Å². The number of carbonyl (C=O) groups is 1. The molecule has 0 aliphatic rings. The Morgan fingerprint density at radius 3 is 2.50 bits per heavy atom. The number of hydrogen-bond donors (Lipinski definition) is 1. The third-order valence-corrected chi connectivity index (χ3v) is 2.68. The molecule has 0 aromatic heterocycles. The molecule has 0 fully saturated rings. The predicted octanol–water partition coefficient (Wildman–Crippen LogP) is 3.20. The maximum Gasteiger partial charge on any atom is 0.416 e. The van der Waals surface area contributed by atoms with Gasteiger partial charge >= 0.3 is 6.18 Å². The number of halogens is 3. The maximum atomic E-state index is 12.5. The summed E-state index contributed by atoms with van der Waals surface area (Å²) in [6.07, 6.45) is -3.35. The van der Waals surface area contributed by atoms with Gasteiger partial charge in [0, 0.05) is 12.0 Å². The fourth-order valence-corrected chi connectivity index (χ4v) is 1.71. The highest BCUT2D eigenvalue weighted by Gasteiger charge is 2.30. The molecule has 0 aliphatic heterocycles. The minimum Gasteiger partial charge on any atom is -0.320 e. The number of aryl methyl sites for hydroxylation is 1. The van der Waals surface area contributed by atoms with Crippen molar-refractivity contribution in [2.75, 3.05) is 13.6 Å². The third-order valence-electron chi connectivity index (χ3n) is 2.68. The molecule has 0 aliphatic carbocycles. The SMILES string of the molecule is CNCCCC(=O)c1ccc(C(F)(F)F)cc1C. The molecule has 0 unspecified atom stereocenters. The van der Waals surface area contributed by atoms with Crippen LogP contribution in [0.2, 0.25) is 0 Å². The lowest BCUT2D eigenvalue weighted by atomic mass is 9.99. The quantitative estimate of drug-likeness (QED) is 0.650. The zero-order valence-electron chi connectivity index (χ0n) is 10.4. The summed E-state index contributed by atoms with van der Waals surface area (Å²) >= 11 is 0. The van der Waals surface area contributed by atoms with E-state index >= 15 is 0 Å². The number of rotatable bonds is 5. The maximum absolute atomic E-state index is 12.5. The topological polar surface area (TPSA) is 29.1 Å². The van der Waals surface area contributed by atoms with Crippen LogP contribution in [0.1, 0.15) is 34.3 Å². The van der Waals surface area contributed by atoms with Crippen LogP contribution in [-0.4, -0.2) is 19.4 Å². The summed E-state index contributed by atoms with van der Waals surface area (Å²) in [5.41, 5.74) is 0.0326. The zero-order valence-corrected chi connectivity index (χ0v) is 10.4. The van der Waals surface area contributed by atoms with Crippen LogP contribution in [0.5, 0.6) is 0 Å². The lowest BCUT2D eigenvalue weighted by Crippen LogP contribution is -2.11. The summed E-state index contributed by atoms with van der Waals surface area (Å²) in [5.74, 6) is -0.114. The van der Waals surface area contributed by atoms with E-state index in [9.17, 15) is 18.0 Å². The van der Waals surface area contributed by atoms with Crippen molar-refractivity contribution in [2.24, 2.45) is 0 Å². The number of benzene rings is 1. The number of hydrogen-bond acceptors (Lipinski definition) is 2. The minimum atomic E-state index is -4.36. The molecule has 0 heterocycles. The van der Waals surface area contributed by atoms with Gasteiger partial charge in [0.05, 0.1) is 5.56 Å². The third kappa shape index (κ3) is 3.84. The highest BCUT2D eigenvalue weighted by atomic mass is 19.4. The Kier molecular flexibility index (Phi) is 4.90. The number of alkyl halides is 3. The minimum absolute atomic E-state index is 0.114. The van der Waals surface area contributed by atoms with Crippen LogP contribution in [-0.2, 0) is 6.18 Å². The highest BCUT2D eigenvalue weighted by Crippen LogP contribution is 2.30. The van der Waals surface area contributed by atoms with Gasteiger partial charge in [-0.15, -0.1) is 0 Å². The number of Topliss-reactive ketones (excluding diaryl/α,β-unsaturated/α-hetero) is 1. The van der Waals surface area contributed by atoms with Gasteiger partial charge in [-0.2, -0.15) is 13.2 Å². The summed E-state index contributed by atoms with van der Waals surface area (Å²) in [6.45, 7) is 2.24. The Hall–Kier alpha value is -1.36. The molecule has 2 nitrogen and oxygen atoms in total. The summed E-state index contributed by atoms with van der Waals surface area (Å²) < 4.78 is 37.4. The fraction of sp³-hybridized carbons (Fsp3) is 0.462. The van der Waals surface area contributed by atoms with Crippen LogP contribution in [0.25, 0.3) is 0 Å². The van der Waals surface area contributed by atoms with E-state index in [2.05, 4.69) is 5.32 Å². The molecule has 0 saturated carbocycles. The lowest BCUT2D eigenvalue weighted by molar-refractivity contribution is -0.137. The van der Waals surface area contributed by atoms with E-state index in [1.807, 2.05) is 0 Å². The number of carbonyl (C=O) groups excluding carboxylic acids is 1. The summed E-state index contributed by atoms with van der Waals surface area (Å²) in [5, 5.41) is 2.92. The van der Waals surface area contributed by atoms with Gasteiger partial charge in [-0.1, -0.05) is 6.07 Å². The molecule has 0 saturated heterocycles. The van der Waals surface area contributed by atoms with Crippen LogP contribution in [0.15, 0.2) is 18.2 Å². The first-order valence-electron chi connectivity index (χ1n) is 5.72. The van der Waals surface area contributed by atoms with Crippen molar-refractivity contribution in [3.8, 4) is 0 Å². The second-order valence-electron chi connectivity index (χ2n) is 4.16. The summed E-state index contributed by atoms with van der Waals surface area (Å²) in [6, 6.07) is 3.24. The average Bonchev–Trinajstić information content (AvgIpc) is 2.27. The smallest absolute Gasteiger partial charge is 0.320 e. The lowest BCUT2D eigenvalue weighted by Gasteiger charge is -2.10. The van der Waals surface area contributed by atoms with E-state index in [4.69, 9.17) is 0 Å². The van der Waals surface area contributed by atoms with Crippen LogP contribution in [0.3, 0.4) is 0 Å². The molecule has 0 radical (unpaired) electrons. The Balaban J connectivity index is 2.82. The zero-order chi connectivity index (χ0) is 13.8. The van der Waals surface area contributed by atoms with E-state index in [-0.39, 0.29) is 5.78 Å². The van der Waals surface area contributed by atoms with Crippen LogP contribution < -0.4 is 5.32 Å². The molecule has 0 bridgehead atoms. The molecule has 0 spiro atoms. The molecular formula is C13H16F3NO. The molecule has 1 rings (SSSR count). The van der Waals surface area contributed by atoms with E-state index in [0.717, 1.165) is 12.1 Å². The second-order valence-corrected chi connectivity index (χ2v) is 4.16. The van der Waals surface area contributed by atoms with Crippen molar-refractivity contribution >= 4 is 5.78 Å². The Labute approximate surface area is 104 Å². The molecule has 100 valence electrons. The normalized spacial score (nSPS) is 11.6. The second kappa shape index (κ2) is 6.00. The van der Waals surface area contributed by atoms with Gasteiger partial charge < -0.3 is 5.32 Å². The van der Waals surface area contributed by atoms with Gasteiger partial charge in [-0.25, -0.2) is 0 Å². The number of ketones is 1. The summed E-state index contributed by atoms with van der Waals surface area (Å²) in [7, 11) is 1.79. The summed E-state index contributed by atoms with van der Waals surface area (Å²) in [4.78, 5) is 11.8. The van der Waals surface area contributed by atoms with E-state index in [0.29, 0.717) is 30.5 Å².